The molecule has 0 saturated heterocycles. The lowest BCUT2D eigenvalue weighted by molar-refractivity contribution is 1.28. The molecule has 0 aromatic rings. The van der Waals surface area contributed by atoms with Gasteiger partial charge in [-0.3, -0.25) is 11.4 Å². The standard InChI is InChI=1S/C4H10S/c1-2-4-5-3-1/h1,3H,2,4H2,5H4/i2D2,4D2,5D4. The molecule has 5 heavy (non-hydrogen) atoms. The zero-order chi connectivity index (χ0) is 10.8. The monoisotopic (exact) mass is 98.1 g/mol. The van der Waals surface area contributed by atoms with Gasteiger partial charge in [-0.2, -0.15) is 0 Å². The van der Waals surface area contributed by atoms with Gasteiger partial charge < -0.3 is 0 Å². The molecule has 0 aromatic carbocycles. The molecule has 0 fully saturated rings. The van der Waals surface area contributed by atoms with Crippen LogP contribution in [0, 0.1) is 0 Å². The second kappa shape index (κ2) is 1.51. The summed E-state index contributed by atoms with van der Waals surface area (Å²) in [6, 6.07) is 0. The lowest BCUT2D eigenvalue weighted by Gasteiger charge is -1.76. The van der Waals surface area contributed by atoms with Crippen LogP contribution in [0.25, 0.3) is 0 Å². The minimum absolute atomic E-state index is 0.431. The highest BCUT2D eigenvalue weighted by atomic mass is 32.2. The summed E-state index contributed by atoms with van der Waals surface area (Å²) in [7, 11) is 0. The van der Waals surface area contributed by atoms with Gasteiger partial charge in [0.25, 0.3) is 0 Å². The Morgan fingerprint density at radius 3 is 3.40 bits per heavy atom. The Kier molecular flexibility index (Phi) is 0.150. The van der Waals surface area contributed by atoms with Gasteiger partial charge in [0.2, 0.25) is 0 Å². The van der Waals surface area contributed by atoms with E-state index in [-0.39, 0.29) is 0 Å². The maximum absolute atomic E-state index is 7.27. The van der Waals surface area contributed by atoms with Crippen molar-refractivity contribution in [2.45, 2.75) is 6.37 Å². The quantitative estimate of drug-likeness (QED) is 0.415. The summed E-state index contributed by atoms with van der Waals surface area (Å²) in [5.74, 6) is 0. The fourth-order valence-electron chi connectivity index (χ4n) is 0.170. The summed E-state index contributed by atoms with van der Waals surface area (Å²) in [5.41, 5.74) is -3.13. The summed E-state index contributed by atoms with van der Waals surface area (Å²) in [4.78, 5) is 0. The minimum Gasteiger partial charge on any atom is -0.294 e. The van der Waals surface area contributed by atoms with E-state index in [4.69, 9.17) is 9.98 Å². The van der Waals surface area contributed by atoms with E-state index in [1.54, 1.807) is 0 Å². The van der Waals surface area contributed by atoms with Gasteiger partial charge in [-0.1, -0.05) is 11.5 Å². The van der Waals surface area contributed by atoms with Crippen molar-refractivity contribution in [2.24, 2.45) is 0 Å². The van der Waals surface area contributed by atoms with Gasteiger partial charge in [0.1, 0.15) is 0 Å². The highest BCUT2D eigenvalue weighted by molar-refractivity contribution is 8.02. The molecular formula is C4H10S. The highest BCUT2D eigenvalue weighted by Crippen LogP contribution is 2.11. The molecular weight excluding hydrogens is 80.1 g/mol. The predicted molar refractivity (Wildman–Crippen MR) is 31.8 cm³/mol. The topological polar surface area (TPSA) is 0 Å². The Hall–Kier alpha value is 0.0900. The van der Waals surface area contributed by atoms with Crippen LogP contribution in [-0.4, -0.2) is 10.2 Å². The molecule has 0 aromatic heterocycles. The van der Waals surface area contributed by atoms with Gasteiger partial charge in [0.15, 0.2) is 0 Å². The smallest absolute Gasteiger partial charge is 0.0634 e. The van der Waals surface area contributed by atoms with E-state index in [0.29, 0.717) is 11.5 Å². The molecule has 0 spiro atoms. The summed E-state index contributed by atoms with van der Waals surface area (Å²) < 4.78 is 57.8. The van der Waals surface area contributed by atoms with Crippen molar-refractivity contribution in [3.63, 3.8) is 0 Å². The van der Waals surface area contributed by atoms with Crippen LogP contribution >= 0.6 is 11.4 Å². The van der Waals surface area contributed by atoms with Crippen molar-refractivity contribution in [3.05, 3.63) is 11.5 Å². The molecule has 0 atom stereocenters. The maximum atomic E-state index is 7.27. The lowest BCUT2D eigenvalue weighted by atomic mass is 10.5. The Bertz CT molecular complexity index is 293. The molecule has 1 rings (SSSR count). The van der Waals surface area contributed by atoms with Crippen molar-refractivity contribution in [1.29, 1.82) is 4.50 Å². The number of hydrogen-bond donors (Lipinski definition) is 0. The van der Waals surface area contributed by atoms with Crippen LogP contribution in [-0.2, 0) is 0 Å². The van der Waals surface area contributed by atoms with Crippen LogP contribution in [0.2, 0.25) is 0 Å². The zero-order valence-corrected chi connectivity index (χ0v) is 3.38. The summed E-state index contributed by atoms with van der Waals surface area (Å²) >= 11 is -6.03. The Morgan fingerprint density at radius 1 is 2.20 bits per heavy atom. The fourth-order valence-corrected chi connectivity index (χ4v) is 0.510. The number of allylic oxidation sites excluding steroid dienone is 1. The molecule has 0 N–H and O–H groups in total. The maximum Gasteiger partial charge on any atom is 0.0634 e. The van der Waals surface area contributed by atoms with E-state index < -0.39 is 23.5 Å². The molecule has 0 radical (unpaired) electrons. The van der Waals surface area contributed by atoms with Crippen molar-refractivity contribution in [3.8, 4) is 0 Å². The van der Waals surface area contributed by atoms with Gasteiger partial charge in [-0.15, -0.1) is 0 Å². The van der Waals surface area contributed by atoms with E-state index in [1.807, 2.05) is 0 Å². The SMILES string of the molecule is [2H]C1([2H])C=CS([2H])([2H])([2H])([2H])C1([2H])[2H]. The van der Waals surface area contributed by atoms with Gasteiger partial charge in [-0.05, 0) is 12.1 Å². The summed E-state index contributed by atoms with van der Waals surface area (Å²) in [6.45, 7) is 0. The number of rotatable bonds is 0. The van der Waals surface area contributed by atoms with Crippen LogP contribution in [0.4, 0.5) is 0 Å². The second-order valence-corrected chi connectivity index (χ2v) is 1.38. The Balaban J connectivity index is 3.51. The molecule has 0 nitrogen and oxygen atoms in total. The average Bonchev–Trinajstić information content (AvgIpc) is 1.88. The van der Waals surface area contributed by atoms with Gasteiger partial charge in [-0.25, -0.2) is 0 Å². The van der Waals surface area contributed by atoms with Gasteiger partial charge in [0.05, 0.1) is 4.50 Å². The molecule has 0 amide bonds. The minimum atomic E-state index is -6.03. The van der Waals surface area contributed by atoms with Crippen LogP contribution in [0.15, 0.2) is 11.5 Å². The van der Waals surface area contributed by atoms with Crippen LogP contribution in [0.1, 0.15) is 11.9 Å². The molecule has 32 valence electrons. The zero-order valence-electron chi connectivity index (χ0n) is 10.6. The predicted octanol–water partition coefficient (Wildman–Crippen LogP) is 0.566. The van der Waals surface area contributed by atoms with E-state index in [0.717, 1.165) is 0 Å². The third-order valence-electron chi connectivity index (χ3n) is 0.337. The van der Waals surface area contributed by atoms with Crippen molar-refractivity contribution < 1.29 is 5.48 Å². The van der Waals surface area contributed by atoms with Crippen molar-refractivity contribution in [2.75, 3.05) is 5.70 Å². The van der Waals surface area contributed by atoms with E-state index in [9.17, 15) is 0 Å². The van der Waals surface area contributed by atoms with Crippen molar-refractivity contribution in [1.82, 2.24) is 0 Å². The number of hydrogen-bond acceptors (Lipinski definition) is 0. The third kappa shape index (κ3) is 0.690. The first-order chi connectivity index (χ1) is 5.23. The summed E-state index contributed by atoms with van der Waals surface area (Å²) in [6.07, 6.45) is -1.96. The van der Waals surface area contributed by atoms with Crippen molar-refractivity contribution >= 4 is 11.4 Å². The molecule has 1 aliphatic rings. The van der Waals surface area contributed by atoms with E-state index in [1.165, 1.54) is 0 Å². The van der Waals surface area contributed by atoms with E-state index in [2.05, 4.69) is 0 Å². The molecule has 0 saturated carbocycles. The third-order valence-corrected chi connectivity index (χ3v) is 0.845. The molecule has 0 bridgehead atoms. The first-order valence-electron chi connectivity index (χ1n) is 4.94. The highest BCUT2D eigenvalue weighted by Gasteiger charge is 1.80. The van der Waals surface area contributed by atoms with Crippen LogP contribution in [0.3, 0.4) is 0 Å². The molecule has 1 heteroatoms. The van der Waals surface area contributed by atoms with Gasteiger partial charge >= 0.3 is 0 Å². The molecule has 1 aliphatic heterocycles. The second-order valence-electron chi connectivity index (χ2n) is 0.667. The van der Waals surface area contributed by atoms with Crippen LogP contribution < -0.4 is 0 Å². The molecule has 0 aliphatic carbocycles. The normalized spacial score (nSPS) is 109. The Labute approximate surface area is 46.2 Å². The largest absolute Gasteiger partial charge is 0.294 e. The van der Waals surface area contributed by atoms with Crippen LogP contribution in [0.5, 0.6) is 0 Å². The van der Waals surface area contributed by atoms with E-state index >= 15 is 0 Å². The summed E-state index contributed by atoms with van der Waals surface area (Å²) in [5, 5.41) is 0.431. The molecule has 1 heterocycles. The first-order valence-corrected chi connectivity index (χ1v) is 2.19. The van der Waals surface area contributed by atoms with Gasteiger partial charge in [0, 0.05) is 5.48 Å². The first kappa shape index (κ1) is 0.497. The Morgan fingerprint density at radius 2 is 3.20 bits per heavy atom. The fraction of sp³-hybridized carbons (Fsp3) is 0.500. The molecule has 0 unspecified atom stereocenters. The average molecular weight is 98.2 g/mol. The lowest BCUT2D eigenvalue weighted by Crippen LogP contribution is -1.56.